The highest BCUT2D eigenvalue weighted by Crippen LogP contribution is 2.22. The average molecular weight is 242 g/mol. The fourth-order valence-corrected chi connectivity index (χ4v) is 1.56. The van der Waals surface area contributed by atoms with Crippen molar-refractivity contribution in [2.45, 2.75) is 0 Å². The molecule has 0 radical (unpaired) electrons. The molecule has 1 heterocycles. The minimum absolute atomic E-state index is 0.411. The van der Waals surface area contributed by atoms with Gasteiger partial charge in [0.25, 0.3) is 0 Å². The summed E-state index contributed by atoms with van der Waals surface area (Å²) in [7, 11) is 0. The van der Waals surface area contributed by atoms with Crippen LogP contribution in [-0.4, -0.2) is 4.98 Å². The van der Waals surface area contributed by atoms with Crippen LogP contribution in [0, 0.1) is 23.0 Å². The van der Waals surface area contributed by atoms with Crippen molar-refractivity contribution in [2.24, 2.45) is 0 Å². The minimum atomic E-state index is -0.952. The van der Waals surface area contributed by atoms with Gasteiger partial charge in [0.1, 0.15) is 0 Å². The molecule has 0 spiro atoms. The summed E-state index contributed by atoms with van der Waals surface area (Å²) >= 11 is 0. The van der Waals surface area contributed by atoms with Crippen molar-refractivity contribution in [1.82, 2.24) is 4.98 Å². The van der Waals surface area contributed by atoms with Gasteiger partial charge in [0, 0.05) is 17.8 Å². The number of rotatable bonds is 2. The van der Waals surface area contributed by atoms with Crippen molar-refractivity contribution in [3.8, 4) is 6.07 Å². The number of pyridine rings is 1. The summed E-state index contributed by atoms with van der Waals surface area (Å²) in [6.07, 6.45) is 2.83. The van der Waals surface area contributed by atoms with Crippen LogP contribution in [0.25, 0.3) is 5.57 Å². The maximum atomic E-state index is 13.2. The summed E-state index contributed by atoms with van der Waals surface area (Å²) in [5.41, 5.74) is 1.40. The fraction of sp³-hybridized carbons (Fsp3) is 0. The van der Waals surface area contributed by atoms with Crippen LogP contribution in [0.15, 0.2) is 48.7 Å². The van der Waals surface area contributed by atoms with E-state index in [0.29, 0.717) is 16.8 Å². The molecular weight excluding hydrogens is 234 g/mol. The van der Waals surface area contributed by atoms with Crippen LogP contribution in [0.1, 0.15) is 11.3 Å². The van der Waals surface area contributed by atoms with Gasteiger partial charge in [0.05, 0.1) is 11.8 Å². The first-order valence-electron chi connectivity index (χ1n) is 5.19. The lowest BCUT2D eigenvalue weighted by atomic mass is 10.0. The van der Waals surface area contributed by atoms with Gasteiger partial charge in [0.2, 0.25) is 0 Å². The molecule has 1 aromatic heterocycles. The number of benzene rings is 1. The predicted molar refractivity (Wildman–Crippen MR) is 63.3 cm³/mol. The van der Waals surface area contributed by atoms with E-state index in [-0.39, 0.29) is 0 Å². The SMILES string of the molecule is N#C/C=C(/c1ccc(F)c(F)c1)c1ccccn1. The Hall–Kier alpha value is -2.54. The van der Waals surface area contributed by atoms with E-state index in [9.17, 15) is 8.78 Å². The van der Waals surface area contributed by atoms with E-state index in [1.165, 1.54) is 12.1 Å². The van der Waals surface area contributed by atoms with Crippen LogP contribution < -0.4 is 0 Å². The van der Waals surface area contributed by atoms with Crippen molar-refractivity contribution in [3.05, 3.63) is 71.6 Å². The van der Waals surface area contributed by atoms with Gasteiger partial charge in [-0.15, -0.1) is 0 Å². The molecule has 4 heteroatoms. The second kappa shape index (κ2) is 5.19. The van der Waals surface area contributed by atoms with Gasteiger partial charge in [-0.05, 0) is 29.8 Å². The van der Waals surface area contributed by atoms with Crippen LogP contribution in [0.2, 0.25) is 0 Å². The Morgan fingerprint density at radius 1 is 1.17 bits per heavy atom. The molecule has 0 unspecified atom stereocenters. The first kappa shape index (κ1) is 11.9. The number of halogens is 2. The van der Waals surface area contributed by atoms with E-state index in [4.69, 9.17) is 5.26 Å². The number of nitrogens with zero attached hydrogens (tertiary/aromatic N) is 2. The Bertz CT molecular complexity index is 628. The van der Waals surface area contributed by atoms with Gasteiger partial charge >= 0.3 is 0 Å². The molecule has 2 rings (SSSR count). The van der Waals surface area contributed by atoms with Crippen molar-refractivity contribution < 1.29 is 8.78 Å². The zero-order valence-corrected chi connectivity index (χ0v) is 9.27. The summed E-state index contributed by atoms with van der Waals surface area (Å²) in [4.78, 5) is 4.09. The smallest absolute Gasteiger partial charge is 0.159 e. The largest absolute Gasteiger partial charge is 0.256 e. The molecule has 0 amide bonds. The van der Waals surface area contributed by atoms with Gasteiger partial charge < -0.3 is 0 Å². The van der Waals surface area contributed by atoms with Crippen molar-refractivity contribution in [1.29, 1.82) is 5.26 Å². The van der Waals surface area contributed by atoms with Gasteiger partial charge in [-0.25, -0.2) is 8.78 Å². The number of aromatic nitrogens is 1. The van der Waals surface area contributed by atoms with Gasteiger partial charge in [-0.1, -0.05) is 12.1 Å². The van der Waals surface area contributed by atoms with Crippen LogP contribution in [0.4, 0.5) is 8.78 Å². The molecule has 2 aromatic rings. The van der Waals surface area contributed by atoms with Gasteiger partial charge in [-0.3, -0.25) is 4.98 Å². The van der Waals surface area contributed by atoms with Crippen LogP contribution >= 0.6 is 0 Å². The predicted octanol–water partition coefficient (Wildman–Crippen LogP) is 3.32. The maximum Gasteiger partial charge on any atom is 0.159 e. The fourth-order valence-electron chi connectivity index (χ4n) is 1.56. The van der Waals surface area contributed by atoms with Crippen molar-refractivity contribution >= 4 is 5.57 Å². The number of allylic oxidation sites excluding steroid dienone is 1. The van der Waals surface area contributed by atoms with E-state index < -0.39 is 11.6 Å². The number of nitriles is 1. The zero-order chi connectivity index (χ0) is 13.0. The molecule has 88 valence electrons. The molecular formula is C14H8F2N2. The first-order valence-corrected chi connectivity index (χ1v) is 5.19. The topological polar surface area (TPSA) is 36.7 Å². The van der Waals surface area contributed by atoms with Crippen molar-refractivity contribution in [3.63, 3.8) is 0 Å². The van der Waals surface area contributed by atoms with E-state index in [1.807, 2.05) is 6.07 Å². The Labute approximate surface area is 103 Å². The Morgan fingerprint density at radius 3 is 2.61 bits per heavy atom. The second-order valence-electron chi connectivity index (χ2n) is 3.53. The summed E-state index contributed by atoms with van der Waals surface area (Å²) in [6, 6.07) is 10.6. The molecule has 0 saturated carbocycles. The standard InChI is InChI=1S/C14H8F2N2/c15-12-5-4-10(9-13(12)16)11(6-7-17)14-3-1-2-8-18-14/h1-6,8-9H/b11-6-. The lowest BCUT2D eigenvalue weighted by Crippen LogP contribution is -1.93. The monoisotopic (exact) mass is 242 g/mol. The molecule has 0 aliphatic rings. The summed E-state index contributed by atoms with van der Waals surface area (Å²) in [5.74, 6) is -1.87. The van der Waals surface area contributed by atoms with E-state index in [2.05, 4.69) is 4.98 Å². The minimum Gasteiger partial charge on any atom is -0.256 e. The highest BCUT2D eigenvalue weighted by molar-refractivity contribution is 5.79. The first-order chi connectivity index (χ1) is 8.72. The summed E-state index contributed by atoms with van der Waals surface area (Å²) < 4.78 is 26.1. The molecule has 0 bridgehead atoms. The Balaban J connectivity index is 2.53. The zero-order valence-electron chi connectivity index (χ0n) is 9.27. The lowest BCUT2D eigenvalue weighted by molar-refractivity contribution is 0.508. The molecule has 0 aliphatic heterocycles. The highest BCUT2D eigenvalue weighted by atomic mass is 19.2. The Morgan fingerprint density at radius 2 is 2.00 bits per heavy atom. The van der Waals surface area contributed by atoms with Gasteiger partial charge in [-0.2, -0.15) is 5.26 Å². The van der Waals surface area contributed by atoms with E-state index in [1.54, 1.807) is 24.4 Å². The number of hydrogen-bond donors (Lipinski definition) is 0. The lowest BCUT2D eigenvalue weighted by Gasteiger charge is -2.06. The van der Waals surface area contributed by atoms with Crippen LogP contribution in [-0.2, 0) is 0 Å². The normalized spacial score (nSPS) is 11.1. The highest BCUT2D eigenvalue weighted by Gasteiger charge is 2.09. The third kappa shape index (κ3) is 2.41. The van der Waals surface area contributed by atoms with Gasteiger partial charge in [0.15, 0.2) is 11.6 Å². The average Bonchev–Trinajstić information content (AvgIpc) is 2.40. The third-order valence-electron chi connectivity index (χ3n) is 2.38. The second-order valence-corrected chi connectivity index (χ2v) is 3.53. The quantitative estimate of drug-likeness (QED) is 0.757. The molecule has 2 nitrogen and oxygen atoms in total. The molecule has 0 aliphatic carbocycles. The molecule has 18 heavy (non-hydrogen) atoms. The summed E-state index contributed by atoms with van der Waals surface area (Å²) in [5, 5.41) is 8.76. The molecule has 1 aromatic carbocycles. The van der Waals surface area contributed by atoms with Crippen molar-refractivity contribution in [2.75, 3.05) is 0 Å². The molecule has 0 atom stereocenters. The van der Waals surface area contributed by atoms with E-state index in [0.717, 1.165) is 12.1 Å². The summed E-state index contributed by atoms with van der Waals surface area (Å²) in [6.45, 7) is 0. The molecule has 0 saturated heterocycles. The Kier molecular flexibility index (Phi) is 3.44. The number of hydrogen-bond acceptors (Lipinski definition) is 2. The van der Waals surface area contributed by atoms with Crippen LogP contribution in [0.3, 0.4) is 0 Å². The molecule has 0 fully saturated rings. The van der Waals surface area contributed by atoms with Crippen LogP contribution in [0.5, 0.6) is 0 Å². The third-order valence-corrected chi connectivity index (χ3v) is 2.38. The molecule has 0 N–H and O–H groups in total. The maximum absolute atomic E-state index is 13.2. The van der Waals surface area contributed by atoms with E-state index >= 15 is 0 Å².